The molecule has 0 radical (unpaired) electrons. The summed E-state index contributed by atoms with van der Waals surface area (Å²) in [5.74, 6) is -0.629. The minimum atomic E-state index is -0.902. The molecule has 2 rings (SSSR count). The number of hydrogen-bond donors (Lipinski definition) is 1. The molecule has 90 valence electrons. The summed E-state index contributed by atoms with van der Waals surface area (Å²) >= 11 is 5.94. The average molecular weight is 253 g/mol. The number of amides is 2. The fourth-order valence-electron chi connectivity index (χ4n) is 2.36. The highest BCUT2D eigenvalue weighted by atomic mass is 35.5. The molecule has 0 aromatic heterocycles. The van der Waals surface area contributed by atoms with E-state index in [0.29, 0.717) is 5.02 Å². The highest BCUT2D eigenvalue weighted by Gasteiger charge is 2.46. The lowest BCUT2D eigenvalue weighted by atomic mass is 9.80. The molecule has 0 saturated heterocycles. The van der Waals surface area contributed by atoms with Crippen molar-refractivity contribution in [2.75, 3.05) is 11.9 Å². The van der Waals surface area contributed by atoms with Crippen LogP contribution < -0.4 is 10.6 Å². The Bertz CT molecular complexity index is 515. The van der Waals surface area contributed by atoms with E-state index in [1.54, 1.807) is 32.2 Å². The van der Waals surface area contributed by atoms with E-state index in [4.69, 9.17) is 17.3 Å². The van der Waals surface area contributed by atoms with Gasteiger partial charge in [0.05, 0.1) is 5.41 Å². The van der Waals surface area contributed by atoms with Gasteiger partial charge >= 0.3 is 0 Å². The Morgan fingerprint density at radius 2 is 2.18 bits per heavy atom. The largest absolute Gasteiger partial charge is 0.370 e. The van der Waals surface area contributed by atoms with Gasteiger partial charge in [-0.1, -0.05) is 11.6 Å². The van der Waals surface area contributed by atoms with E-state index in [2.05, 4.69) is 0 Å². The molecule has 0 spiro atoms. The van der Waals surface area contributed by atoms with Gasteiger partial charge in [-0.2, -0.15) is 0 Å². The summed E-state index contributed by atoms with van der Waals surface area (Å²) in [7, 11) is 1.68. The predicted octanol–water partition coefficient (Wildman–Crippen LogP) is 1.45. The van der Waals surface area contributed by atoms with E-state index in [1.165, 1.54) is 4.90 Å². The van der Waals surface area contributed by atoms with Crippen LogP contribution in [0, 0.1) is 0 Å². The second-order valence-electron chi connectivity index (χ2n) is 4.50. The van der Waals surface area contributed by atoms with Gasteiger partial charge in [-0.15, -0.1) is 0 Å². The fraction of sp³-hybridized carbons (Fsp3) is 0.333. The maximum absolute atomic E-state index is 12.2. The van der Waals surface area contributed by atoms with Crippen LogP contribution in [0.5, 0.6) is 0 Å². The van der Waals surface area contributed by atoms with E-state index in [1.807, 2.05) is 0 Å². The third-order valence-corrected chi connectivity index (χ3v) is 3.45. The van der Waals surface area contributed by atoms with E-state index in [9.17, 15) is 9.59 Å². The molecule has 0 saturated carbocycles. The Labute approximate surface area is 104 Å². The molecular formula is C12H13ClN2O2. The van der Waals surface area contributed by atoms with Gasteiger partial charge in [-0.3, -0.25) is 9.59 Å². The molecule has 4 nitrogen and oxygen atoms in total. The zero-order valence-corrected chi connectivity index (χ0v) is 10.4. The van der Waals surface area contributed by atoms with Gasteiger partial charge in [-0.25, -0.2) is 0 Å². The van der Waals surface area contributed by atoms with Crippen molar-refractivity contribution in [3.8, 4) is 0 Å². The number of carbonyl (C=O) groups is 2. The van der Waals surface area contributed by atoms with Crippen molar-refractivity contribution in [2.24, 2.45) is 5.73 Å². The highest BCUT2D eigenvalue weighted by molar-refractivity contribution is 6.31. The SMILES string of the molecule is CN1C(=O)C(C)(CC(N)=O)c2cc(Cl)ccc21. The number of benzene rings is 1. The minimum Gasteiger partial charge on any atom is -0.370 e. The van der Waals surface area contributed by atoms with Crippen LogP contribution in [0.25, 0.3) is 0 Å². The van der Waals surface area contributed by atoms with E-state index in [0.717, 1.165) is 11.3 Å². The standard InChI is InChI=1S/C12H13ClN2O2/c1-12(6-10(14)16)8-5-7(13)3-4-9(8)15(2)11(12)17/h3-5H,6H2,1-2H3,(H2,14,16). The van der Waals surface area contributed by atoms with Crippen LogP contribution in [0.1, 0.15) is 18.9 Å². The molecule has 0 aliphatic carbocycles. The number of fused-ring (bicyclic) bond motifs is 1. The van der Waals surface area contributed by atoms with E-state index in [-0.39, 0.29) is 12.3 Å². The van der Waals surface area contributed by atoms with Crippen LogP contribution in [-0.2, 0) is 15.0 Å². The second kappa shape index (κ2) is 3.74. The molecule has 1 aromatic rings. The monoisotopic (exact) mass is 252 g/mol. The normalized spacial score (nSPS) is 22.8. The Morgan fingerprint density at radius 3 is 2.76 bits per heavy atom. The summed E-state index contributed by atoms with van der Waals surface area (Å²) in [5.41, 5.74) is 5.86. The molecule has 17 heavy (non-hydrogen) atoms. The first-order valence-electron chi connectivity index (χ1n) is 5.23. The molecule has 0 fully saturated rings. The van der Waals surface area contributed by atoms with Crippen LogP contribution >= 0.6 is 11.6 Å². The number of halogens is 1. The minimum absolute atomic E-state index is 0.0104. The summed E-state index contributed by atoms with van der Waals surface area (Å²) in [6.45, 7) is 1.72. The molecule has 5 heteroatoms. The van der Waals surface area contributed by atoms with Crippen LogP contribution in [0.15, 0.2) is 18.2 Å². The lowest BCUT2D eigenvalue weighted by Gasteiger charge is -2.21. The van der Waals surface area contributed by atoms with Gasteiger partial charge in [0.25, 0.3) is 0 Å². The lowest BCUT2D eigenvalue weighted by molar-refractivity contribution is -0.127. The van der Waals surface area contributed by atoms with Crippen LogP contribution in [0.3, 0.4) is 0 Å². The first-order valence-corrected chi connectivity index (χ1v) is 5.60. The smallest absolute Gasteiger partial charge is 0.237 e. The van der Waals surface area contributed by atoms with Crippen molar-refractivity contribution in [3.05, 3.63) is 28.8 Å². The summed E-state index contributed by atoms with van der Waals surface area (Å²) < 4.78 is 0. The fourth-order valence-corrected chi connectivity index (χ4v) is 2.53. The number of hydrogen-bond acceptors (Lipinski definition) is 2. The lowest BCUT2D eigenvalue weighted by Crippen LogP contribution is -2.39. The average Bonchev–Trinajstić information content (AvgIpc) is 2.41. The summed E-state index contributed by atoms with van der Waals surface area (Å²) in [6, 6.07) is 5.23. The molecule has 2 N–H and O–H groups in total. The van der Waals surface area contributed by atoms with E-state index < -0.39 is 11.3 Å². The molecule has 1 aromatic carbocycles. The number of nitrogens with two attached hydrogens (primary N) is 1. The second-order valence-corrected chi connectivity index (χ2v) is 4.94. The molecular weight excluding hydrogens is 240 g/mol. The van der Waals surface area contributed by atoms with Crippen molar-refractivity contribution in [1.29, 1.82) is 0 Å². The summed E-state index contributed by atoms with van der Waals surface area (Å²) in [4.78, 5) is 24.9. The van der Waals surface area contributed by atoms with Gasteiger partial charge in [0, 0.05) is 24.2 Å². The van der Waals surface area contributed by atoms with Crippen molar-refractivity contribution in [2.45, 2.75) is 18.8 Å². The van der Waals surface area contributed by atoms with Crippen LogP contribution in [0.2, 0.25) is 5.02 Å². The van der Waals surface area contributed by atoms with Crippen LogP contribution in [-0.4, -0.2) is 18.9 Å². The maximum Gasteiger partial charge on any atom is 0.237 e. The predicted molar refractivity (Wildman–Crippen MR) is 66.0 cm³/mol. The molecule has 1 aliphatic heterocycles. The quantitative estimate of drug-likeness (QED) is 0.866. The molecule has 1 atom stereocenters. The van der Waals surface area contributed by atoms with Crippen molar-refractivity contribution >= 4 is 29.1 Å². The first kappa shape index (κ1) is 11.9. The summed E-state index contributed by atoms with van der Waals surface area (Å²) in [6.07, 6.45) is -0.0104. The first-order chi connectivity index (χ1) is 7.86. The number of rotatable bonds is 2. The number of likely N-dealkylation sites (N-methyl/N-ethyl adjacent to an activating group) is 1. The Kier molecular flexibility index (Phi) is 2.62. The Hall–Kier alpha value is -1.55. The van der Waals surface area contributed by atoms with Gasteiger partial charge in [0.15, 0.2) is 0 Å². The number of anilines is 1. The van der Waals surface area contributed by atoms with Gasteiger partial charge in [-0.05, 0) is 30.7 Å². The maximum atomic E-state index is 12.2. The van der Waals surface area contributed by atoms with Gasteiger partial charge < -0.3 is 10.6 Å². The molecule has 1 heterocycles. The molecule has 0 bridgehead atoms. The van der Waals surface area contributed by atoms with Crippen LogP contribution in [0.4, 0.5) is 5.69 Å². The molecule has 1 aliphatic rings. The van der Waals surface area contributed by atoms with Gasteiger partial charge in [0.2, 0.25) is 11.8 Å². The number of primary amides is 1. The zero-order chi connectivity index (χ0) is 12.8. The third-order valence-electron chi connectivity index (χ3n) is 3.22. The topological polar surface area (TPSA) is 63.4 Å². The van der Waals surface area contributed by atoms with Crippen molar-refractivity contribution < 1.29 is 9.59 Å². The summed E-state index contributed by atoms with van der Waals surface area (Å²) in [5, 5.41) is 0.544. The highest BCUT2D eigenvalue weighted by Crippen LogP contribution is 2.43. The zero-order valence-electron chi connectivity index (χ0n) is 9.66. The Morgan fingerprint density at radius 1 is 1.53 bits per heavy atom. The van der Waals surface area contributed by atoms with Crippen molar-refractivity contribution in [1.82, 2.24) is 0 Å². The third kappa shape index (κ3) is 1.69. The molecule has 2 amide bonds. The Balaban J connectivity index is 2.60. The van der Waals surface area contributed by atoms with Gasteiger partial charge in [0.1, 0.15) is 0 Å². The van der Waals surface area contributed by atoms with Crippen molar-refractivity contribution in [3.63, 3.8) is 0 Å². The number of carbonyl (C=O) groups excluding carboxylic acids is 2. The molecule has 1 unspecified atom stereocenters. The van der Waals surface area contributed by atoms with E-state index >= 15 is 0 Å². The number of nitrogens with zero attached hydrogens (tertiary/aromatic N) is 1.